The van der Waals surface area contributed by atoms with Crippen molar-refractivity contribution in [3.63, 3.8) is 0 Å². The summed E-state index contributed by atoms with van der Waals surface area (Å²) in [6.07, 6.45) is 9.08. The lowest BCUT2D eigenvalue weighted by molar-refractivity contribution is 0.530. The SMILES string of the molecule is CC(C)C1C2C=CC=CC21. The van der Waals surface area contributed by atoms with Crippen molar-refractivity contribution in [2.75, 3.05) is 0 Å². The van der Waals surface area contributed by atoms with Crippen LogP contribution in [-0.2, 0) is 0 Å². The average Bonchev–Trinajstić information content (AvgIpc) is 2.60. The van der Waals surface area contributed by atoms with Gasteiger partial charge in [-0.15, -0.1) is 0 Å². The molecule has 0 N–H and O–H groups in total. The van der Waals surface area contributed by atoms with Crippen LogP contribution in [0.25, 0.3) is 0 Å². The molecule has 2 aliphatic carbocycles. The smallest absolute Gasteiger partial charge is 0.0128 e. The molecule has 0 saturated heterocycles. The van der Waals surface area contributed by atoms with Gasteiger partial charge in [-0.05, 0) is 23.7 Å². The van der Waals surface area contributed by atoms with Gasteiger partial charge in [-0.3, -0.25) is 0 Å². The van der Waals surface area contributed by atoms with E-state index in [0.717, 1.165) is 23.7 Å². The van der Waals surface area contributed by atoms with Crippen molar-refractivity contribution in [3.05, 3.63) is 24.3 Å². The lowest BCUT2D eigenvalue weighted by Crippen LogP contribution is -1.91. The maximum Gasteiger partial charge on any atom is -0.0128 e. The van der Waals surface area contributed by atoms with Crippen molar-refractivity contribution in [1.29, 1.82) is 0 Å². The molecule has 2 atom stereocenters. The van der Waals surface area contributed by atoms with E-state index in [0.29, 0.717) is 0 Å². The zero-order valence-electron chi connectivity index (χ0n) is 6.62. The zero-order valence-corrected chi connectivity index (χ0v) is 6.62. The van der Waals surface area contributed by atoms with E-state index in [4.69, 9.17) is 0 Å². The van der Waals surface area contributed by atoms with E-state index >= 15 is 0 Å². The third-order valence-corrected chi connectivity index (χ3v) is 2.74. The Labute approximate surface area is 62.6 Å². The fourth-order valence-corrected chi connectivity index (χ4v) is 2.17. The maximum absolute atomic E-state index is 2.36. The van der Waals surface area contributed by atoms with Gasteiger partial charge in [0.1, 0.15) is 0 Å². The standard InChI is InChI=1S/C10H14/c1-7(2)10-8-5-3-4-6-9(8)10/h3-10H,1-2H3. The van der Waals surface area contributed by atoms with Crippen LogP contribution in [0.3, 0.4) is 0 Å². The molecule has 10 heavy (non-hydrogen) atoms. The minimum absolute atomic E-state index is 0.863. The predicted octanol–water partition coefficient (Wildman–Crippen LogP) is 2.63. The van der Waals surface area contributed by atoms with Gasteiger partial charge in [0.25, 0.3) is 0 Å². The molecule has 2 unspecified atom stereocenters. The van der Waals surface area contributed by atoms with Gasteiger partial charge in [-0.1, -0.05) is 38.2 Å². The molecule has 0 amide bonds. The highest BCUT2D eigenvalue weighted by Gasteiger charge is 2.48. The number of rotatable bonds is 1. The predicted molar refractivity (Wildman–Crippen MR) is 43.6 cm³/mol. The maximum atomic E-state index is 2.36. The first-order valence-electron chi connectivity index (χ1n) is 4.15. The third-order valence-electron chi connectivity index (χ3n) is 2.74. The molecule has 2 aliphatic rings. The molecule has 0 heteroatoms. The molecule has 0 radical (unpaired) electrons. The summed E-state index contributed by atoms with van der Waals surface area (Å²) in [4.78, 5) is 0. The second kappa shape index (κ2) is 1.98. The molecule has 0 aliphatic heterocycles. The van der Waals surface area contributed by atoms with Gasteiger partial charge < -0.3 is 0 Å². The van der Waals surface area contributed by atoms with Crippen LogP contribution in [0.4, 0.5) is 0 Å². The van der Waals surface area contributed by atoms with E-state index < -0.39 is 0 Å². The molecule has 1 fully saturated rings. The molecule has 0 bridgehead atoms. The molecule has 0 aromatic carbocycles. The van der Waals surface area contributed by atoms with Crippen LogP contribution >= 0.6 is 0 Å². The van der Waals surface area contributed by atoms with Crippen molar-refractivity contribution in [1.82, 2.24) is 0 Å². The minimum Gasteiger partial charge on any atom is -0.0805 e. The third kappa shape index (κ3) is 0.749. The number of hydrogen-bond acceptors (Lipinski definition) is 0. The van der Waals surface area contributed by atoms with Gasteiger partial charge in [-0.25, -0.2) is 0 Å². The first-order chi connectivity index (χ1) is 4.80. The van der Waals surface area contributed by atoms with Gasteiger partial charge >= 0.3 is 0 Å². The van der Waals surface area contributed by atoms with E-state index in [1.807, 2.05) is 0 Å². The second-order valence-corrected chi connectivity index (χ2v) is 3.75. The molecule has 0 spiro atoms. The number of hydrogen-bond donors (Lipinski definition) is 0. The second-order valence-electron chi connectivity index (χ2n) is 3.75. The van der Waals surface area contributed by atoms with Crippen LogP contribution < -0.4 is 0 Å². The van der Waals surface area contributed by atoms with E-state index in [1.54, 1.807) is 0 Å². The highest BCUT2D eigenvalue weighted by molar-refractivity contribution is 5.25. The van der Waals surface area contributed by atoms with Crippen molar-refractivity contribution >= 4 is 0 Å². The average molecular weight is 134 g/mol. The van der Waals surface area contributed by atoms with Crippen molar-refractivity contribution in [2.24, 2.45) is 23.7 Å². The Morgan fingerprint density at radius 3 is 1.90 bits per heavy atom. The van der Waals surface area contributed by atoms with E-state index in [2.05, 4.69) is 38.2 Å². The van der Waals surface area contributed by atoms with Gasteiger partial charge in [0.2, 0.25) is 0 Å². The summed E-state index contributed by atoms with van der Waals surface area (Å²) in [7, 11) is 0. The molecule has 54 valence electrons. The molecule has 1 saturated carbocycles. The van der Waals surface area contributed by atoms with Crippen molar-refractivity contribution in [3.8, 4) is 0 Å². The summed E-state index contributed by atoms with van der Waals surface area (Å²) in [5.41, 5.74) is 0. The minimum atomic E-state index is 0.863. The fraction of sp³-hybridized carbons (Fsp3) is 0.600. The van der Waals surface area contributed by atoms with E-state index in [1.165, 1.54) is 0 Å². The molecular formula is C10H14. The summed E-state index contributed by atoms with van der Waals surface area (Å²) in [5.74, 6) is 3.60. The molecule has 2 rings (SSSR count). The Bertz CT molecular complexity index is 168. The van der Waals surface area contributed by atoms with Crippen LogP contribution in [0.2, 0.25) is 0 Å². The molecular weight excluding hydrogens is 120 g/mol. The topological polar surface area (TPSA) is 0 Å². The summed E-state index contributed by atoms with van der Waals surface area (Å²) in [6, 6.07) is 0. The first-order valence-corrected chi connectivity index (χ1v) is 4.15. The van der Waals surface area contributed by atoms with Crippen LogP contribution in [0.5, 0.6) is 0 Å². The monoisotopic (exact) mass is 134 g/mol. The number of allylic oxidation sites excluding steroid dienone is 4. The quantitative estimate of drug-likeness (QED) is 0.517. The van der Waals surface area contributed by atoms with E-state index in [9.17, 15) is 0 Å². The highest BCUT2D eigenvalue weighted by atomic mass is 14.5. The Hall–Kier alpha value is -0.520. The molecule has 0 nitrogen and oxygen atoms in total. The summed E-state index contributed by atoms with van der Waals surface area (Å²) in [6.45, 7) is 4.65. The Morgan fingerprint density at radius 2 is 1.50 bits per heavy atom. The fourth-order valence-electron chi connectivity index (χ4n) is 2.17. The van der Waals surface area contributed by atoms with Gasteiger partial charge in [0, 0.05) is 0 Å². The lowest BCUT2D eigenvalue weighted by atomic mass is 10.1. The zero-order chi connectivity index (χ0) is 7.14. The summed E-state index contributed by atoms with van der Waals surface area (Å²) in [5, 5.41) is 0. The van der Waals surface area contributed by atoms with Gasteiger partial charge in [0.15, 0.2) is 0 Å². The Morgan fingerprint density at radius 1 is 1.00 bits per heavy atom. The normalized spacial score (nSPS) is 42.1. The molecule has 0 heterocycles. The number of fused-ring (bicyclic) bond motifs is 1. The van der Waals surface area contributed by atoms with Crippen molar-refractivity contribution < 1.29 is 0 Å². The lowest BCUT2D eigenvalue weighted by Gasteiger charge is -1.98. The van der Waals surface area contributed by atoms with Crippen molar-refractivity contribution in [2.45, 2.75) is 13.8 Å². The Balaban J connectivity index is 2.09. The largest absolute Gasteiger partial charge is 0.0805 e. The van der Waals surface area contributed by atoms with Gasteiger partial charge in [-0.2, -0.15) is 0 Å². The first kappa shape index (κ1) is 6.21. The molecule has 0 aromatic rings. The van der Waals surface area contributed by atoms with Gasteiger partial charge in [0.05, 0.1) is 0 Å². The van der Waals surface area contributed by atoms with E-state index in [-0.39, 0.29) is 0 Å². The van der Waals surface area contributed by atoms with Crippen LogP contribution in [0, 0.1) is 23.7 Å². The van der Waals surface area contributed by atoms with Crippen LogP contribution in [0.15, 0.2) is 24.3 Å². The Kier molecular flexibility index (Phi) is 1.23. The highest BCUT2D eigenvalue weighted by Crippen LogP contribution is 2.53. The van der Waals surface area contributed by atoms with Crippen LogP contribution in [0.1, 0.15) is 13.8 Å². The summed E-state index contributed by atoms with van der Waals surface area (Å²) < 4.78 is 0. The summed E-state index contributed by atoms with van der Waals surface area (Å²) >= 11 is 0. The van der Waals surface area contributed by atoms with Crippen LogP contribution in [-0.4, -0.2) is 0 Å². The molecule has 0 aromatic heterocycles.